The van der Waals surface area contributed by atoms with Gasteiger partial charge in [-0.05, 0) is 43.3 Å². The van der Waals surface area contributed by atoms with Gasteiger partial charge >= 0.3 is 5.97 Å². The standard InChI is InChI=1S/C29H26N4O4/c1-20-11-13-21(14-12-20)28-23(18-33(32-28)25-9-4-3-5-10-25)15-16-27(35)37-19-26(34)31-24-8-6-7-22(17-24)29(36)30-2/h3-18H,19H2,1-2H3,(H,30,36)(H,31,34)/b16-15+. The Morgan fingerprint density at radius 2 is 1.73 bits per heavy atom. The van der Waals surface area contributed by atoms with Crippen molar-refractivity contribution in [2.45, 2.75) is 6.92 Å². The van der Waals surface area contributed by atoms with Crippen LogP contribution in [-0.2, 0) is 14.3 Å². The summed E-state index contributed by atoms with van der Waals surface area (Å²) in [5.41, 5.74) is 5.18. The number of hydrogen-bond donors (Lipinski definition) is 2. The summed E-state index contributed by atoms with van der Waals surface area (Å²) in [5.74, 6) is -1.46. The molecule has 8 nitrogen and oxygen atoms in total. The lowest BCUT2D eigenvalue weighted by Gasteiger charge is -2.07. The quantitative estimate of drug-likeness (QED) is 0.279. The Hall–Kier alpha value is -4.98. The van der Waals surface area contributed by atoms with Crippen molar-refractivity contribution in [1.82, 2.24) is 15.1 Å². The Labute approximate surface area is 214 Å². The van der Waals surface area contributed by atoms with Crippen molar-refractivity contribution in [3.8, 4) is 16.9 Å². The number of esters is 1. The molecule has 0 bridgehead atoms. The Bertz CT molecular complexity index is 1440. The van der Waals surface area contributed by atoms with Gasteiger partial charge in [0, 0.05) is 41.7 Å². The zero-order valence-corrected chi connectivity index (χ0v) is 20.5. The van der Waals surface area contributed by atoms with Crippen LogP contribution in [0.15, 0.2) is 91.1 Å². The highest BCUT2D eigenvalue weighted by molar-refractivity contribution is 5.98. The van der Waals surface area contributed by atoms with Gasteiger partial charge in [0.1, 0.15) is 0 Å². The predicted molar refractivity (Wildman–Crippen MR) is 142 cm³/mol. The molecule has 0 atom stereocenters. The number of rotatable bonds is 8. The van der Waals surface area contributed by atoms with Gasteiger partial charge < -0.3 is 15.4 Å². The van der Waals surface area contributed by atoms with Gasteiger partial charge in [-0.3, -0.25) is 9.59 Å². The average Bonchev–Trinajstić information content (AvgIpc) is 3.35. The molecule has 0 aliphatic rings. The lowest BCUT2D eigenvalue weighted by atomic mass is 10.1. The lowest BCUT2D eigenvalue weighted by molar-refractivity contribution is -0.142. The number of nitrogens with zero attached hydrogens (tertiary/aromatic N) is 2. The first-order chi connectivity index (χ1) is 17.9. The van der Waals surface area contributed by atoms with E-state index in [1.54, 1.807) is 29.0 Å². The Morgan fingerprint density at radius 1 is 0.973 bits per heavy atom. The molecular weight excluding hydrogens is 468 g/mol. The summed E-state index contributed by atoms with van der Waals surface area (Å²) in [7, 11) is 1.52. The third kappa shape index (κ3) is 6.58. The van der Waals surface area contributed by atoms with Crippen molar-refractivity contribution in [2.24, 2.45) is 0 Å². The number of carbonyl (C=O) groups is 3. The fraction of sp³-hybridized carbons (Fsp3) is 0.103. The van der Waals surface area contributed by atoms with Crippen LogP contribution in [0, 0.1) is 6.92 Å². The van der Waals surface area contributed by atoms with Crippen LogP contribution in [0.4, 0.5) is 5.69 Å². The van der Waals surface area contributed by atoms with Crippen molar-refractivity contribution in [3.63, 3.8) is 0 Å². The number of hydrogen-bond acceptors (Lipinski definition) is 5. The van der Waals surface area contributed by atoms with E-state index in [2.05, 4.69) is 10.6 Å². The summed E-state index contributed by atoms with van der Waals surface area (Å²) < 4.78 is 6.86. The monoisotopic (exact) mass is 494 g/mol. The van der Waals surface area contributed by atoms with Gasteiger partial charge in [-0.1, -0.05) is 54.1 Å². The van der Waals surface area contributed by atoms with E-state index in [1.165, 1.54) is 19.2 Å². The molecule has 186 valence electrons. The van der Waals surface area contributed by atoms with Gasteiger partial charge in [0.2, 0.25) is 0 Å². The molecule has 0 unspecified atom stereocenters. The van der Waals surface area contributed by atoms with Gasteiger partial charge in [-0.2, -0.15) is 5.10 Å². The Morgan fingerprint density at radius 3 is 2.46 bits per heavy atom. The smallest absolute Gasteiger partial charge is 0.331 e. The second-order valence-corrected chi connectivity index (χ2v) is 8.23. The first-order valence-electron chi connectivity index (χ1n) is 11.6. The van der Waals surface area contributed by atoms with Gasteiger partial charge in [0.05, 0.1) is 11.4 Å². The normalized spacial score (nSPS) is 10.8. The molecule has 0 saturated heterocycles. The zero-order valence-electron chi connectivity index (χ0n) is 20.5. The number of para-hydroxylation sites is 1. The van der Waals surface area contributed by atoms with Gasteiger partial charge in [-0.25, -0.2) is 9.48 Å². The second kappa shape index (κ2) is 11.6. The van der Waals surface area contributed by atoms with Crippen molar-refractivity contribution in [1.29, 1.82) is 0 Å². The molecule has 3 aromatic carbocycles. The van der Waals surface area contributed by atoms with E-state index in [4.69, 9.17) is 9.84 Å². The van der Waals surface area contributed by atoms with E-state index in [0.717, 1.165) is 22.4 Å². The van der Waals surface area contributed by atoms with E-state index < -0.39 is 18.5 Å². The molecule has 2 amide bonds. The van der Waals surface area contributed by atoms with Crippen LogP contribution in [0.5, 0.6) is 0 Å². The molecule has 2 N–H and O–H groups in total. The number of aryl methyl sites for hydroxylation is 1. The van der Waals surface area contributed by atoms with Crippen molar-refractivity contribution < 1.29 is 19.1 Å². The number of anilines is 1. The van der Waals surface area contributed by atoms with Crippen LogP contribution < -0.4 is 10.6 Å². The second-order valence-electron chi connectivity index (χ2n) is 8.23. The minimum absolute atomic E-state index is 0.270. The maximum Gasteiger partial charge on any atom is 0.331 e. The number of amides is 2. The van der Waals surface area contributed by atoms with Crippen LogP contribution >= 0.6 is 0 Å². The summed E-state index contributed by atoms with van der Waals surface area (Å²) in [6.45, 7) is 1.54. The first-order valence-corrected chi connectivity index (χ1v) is 11.6. The van der Waals surface area contributed by atoms with Crippen LogP contribution in [0.2, 0.25) is 0 Å². The largest absolute Gasteiger partial charge is 0.452 e. The van der Waals surface area contributed by atoms with Crippen molar-refractivity contribution in [3.05, 3.63) is 108 Å². The molecule has 37 heavy (non-hydrogen) atoms. The highest BCUT2D eigenvalue weighted by atomic mass is 16.5. The summed E-state index contributed by atoms with van der Waals surface area (Å²) in [4.78, 5) is 36.4. The van der Waals surface area contributed by atoms with Gasteiger partial charge in [-0.15, -0.1) is 0 Å². The molecule has 0 spiro atoms. The Balaban J connectivity index is 1.44. The highest BCUT2D eigenvalue weighted by Gasteiger charge is 2.12. The molecular formula is C29H26N4O4. The predicted octanol–water partition coefficient (Wildman–Crippen LogP) is 4.40. The summed E-state index contributed by atoms with van der Waals surface area (Å²) >= 11 is 0. The molecule has 0 aliphatic heterocycles. The van der Waals surface area contributed by atoms with E-state index in [9.17, 15) is 14.4 Å². The number of ether oxygens (including phenoxy) is 1. The molecule has 0 radical (unpaired) electrons. The fourth-order valence-corrected chi connectivity index (χ4v) is 3.58. The number of benzene rings is 3. The third-order valence-electron chi connectivity index (χ3n) is 5.47. The van der Waals surface area contributed by atoms with Crippen LogP contribution in [0.3, 0.4) is 0 Å². The first kappa shape index (κ1) is 25.1. The molecule has 4 rings (SSSR count). The summed E-state index contributed by atoms with van der Waals surface area (Å²) in [6, 6.07) is 24.1. The average molecular weight is 495 g/mol. The topological polar surface area (TPSA) is 102 Å². The highest BCUT2D eigenvalue weighted by Crippen LogP contribution is 2.25. The number of carbonyl (C=O) groups excluding carboxylic acids is 3. The summed E-state index contributed by atoms with van der Waals surface area (Å²) in [5, 5.41) is 9.86. The van der Waals surface area contributed by atoms with E-state index in [0.29, 0.717) is 16.9 Å². The molecule has 4 aromatic rings. The fourth-order valence-electron chi connectivity index (χ4n) is 3.58. The van der Waals surface area contributed by atoms with E-state index in [-0.39, 0.29) is 5.91 Å². The van der Waals surface area contributed by atoms with E-state index in [1.807, 2.05) is 67.7 Å². The molecule has 1 aromatic heterocycles. The molecule has 1 heterocycles. The Kier molecular flexibility index (Phi) is 7.90. The molecule has 0 fully saturated rings. The SMILES string of the molecule is CNC(=O)c1cccc(NC(=O)COC(=O)/C=C/c2cn(-c3ccccc3)nc2-c2ccc(C)cc2)c1. The number of aromatic nitrogens is 2. The number of nitrogens with one attached hydrogen (secondary N) is 2. The molecule has 8 heteroatoms. The minimum Gasteiger partial charge on any atom is -0.452 e. The maximum absolute atomic E-state index is 12.4. The van der Waals surface area contributed by atoms with Gasteiger partial charge in [0.25, 0.3) is 11.8 Å². The minimum atomic E-state index is -0.670. The maximum atomic E-state index is 12.4. The van der Waals surface area contributed by atoms with Crippen molar-refractivity contribution in [2.75, 3.05) is 19.0 Å². The van der Waals surface area contributed by atoms with Crippen molar-refractivity contribution >= 4 is 29.5 Å². The zero-order chi connectivity index (χ0) is 26.2. The lowest BCUT2D eigenvalue weighted by Crippen LogP contribution is -2.21. The van der Waals surface area contributed by atoms with Gasteiger partial charge in [0.15, 0.2) is 6.61 Å². The summed E-state index contributed by atoms with van der Waals surface area (Å²) in [6.07, 6.45) is 4.72. The van der Waals surface area contributed by atoms with Crippen LogP contribution in [0.25, 0.3) is 23.0 Å². The third-order valence-corrected chi connectivity index (χ3v) is 5.47. The van der Waals surface area contributed by atoms with Crippen LogP contribution in [-0.4, -0.2) is 41.2 Å². The molecule has 0 aliphatic carbocycles. The van der Waals surface area contributed by atoms with Crippen LogP contribution in [0.1, 0.15) is 21.5 Å². The van der Waals surface area contributed by atoms with E-state index >= 15 is 0 Å². The molecule has 0 saturated carbocycles.